The van der Waals surface area contributed by atoms with Crippen LogP contribution in [-0.4, -0.2) is 58.3 Å². The number of rotatable bonds is 6. The van der Waals surface area contributed by atoms with Crippen molar-refractivity contribution in [1.29, 1.82) is 0 Å². The van der Waals surface area contributed by atoms with E-state index in [2.05, 4.69) is 71.2 Å². The monoisotopic (exact) mass is 480 g/mol. The number of primary sulfonamides is 1. The summed E-state index contributed by atoms with van der Waals surface area (Å²) in [6, 6.07) is 8.88. The number of nitrogens with one attached hydrogen (secondary N) is 1. The summed E-state index contributed by atoms with van der Waals surface area (Å²) in [5, 5.41) is 10.8. The predicted molar refractivity (Wildman–Crippen MR) is 135 cm³/mol. The molecule has 0 atom stereocenters. The Kier molecular flexibility index (Phi) is 5.95. The van der Waals surface area contributed by atoms with Crippen LogP contribution in [0.25, 0.3) is 27.8 Å². The highest BCUT2D eigenvalue weighted by atomic mass is 32.2. The van der Waals surface area contributed by atoms with E-state index in [1.165, 1.54) is 22.1 Å². The number of benzene rings is 1. The molecule has 0 aliphatic carbocycles. The van der Waals surface area contributed by atoms with Gasteiger partial charge >= 0.3 is 0 Å². The second-order valence-electron chi connectivity index (χ2n) is 9.79. The lowest BCUT2D eigenvalue weighted by molar-refractivity contribution is 0.223. The molecule has 4 heterocycles. The molecule has 34 heavy (non-hydrogen) atoms. The molecular formula is C25H32N6O2S. The first-order valence-corrected chi connectivity index (χ1v) is 13.6. The third-order valence-corrected chi connectivity index (χ3v) is 7.83. The Morgan fingerprint density at radius 1 is 1.21 bits per heavy atom. The van der Waals surface area contributed by atoms with Gasteiger partial charge in [-0.3, -0.25) is 0 Å². The molecule has 1 fully saturated rings. The number of piperidine rings is 1. The highest BCUT2D eigenvalue weighted by molar-refractivity contribution is 7.89. The fourth-order valence-electron chi connectivity index (χ4n) is 5.26. The van der Waals surface area contributed by atoms with Gasteiger partial charge in [-0.1, -0.05) is 19.9 Å². The summed E-state index contributed by atoms with van der Waals surface area (Å²) >= 11 is 0. The second-order valence-corrected chi connectivity index (χ2v) is 11.5. The molecule has 5 rings (SSSR count). The Labute approximate surface area is 200 Å². The molecule has 3 aromatic heterocycles. The maximum absolute atomic E-state index is 11.3. The molecule has 0 unspecified atom stereocenters. The normalized spacial score (nSPS) is 16.3. The van der Waals surface area contributed by atoms with Crippen LogP contribution in [0.5, 0.6) is 0 Å². The van der Waals surface area contributed by atoms with Crippen molar-refractivity contribution >= 4 is 26.6 Å². The van der Waals surface area contributed by atoms with E-state index < -0.39 is 10.0 Å². The largest absolute Gasteiger partial charge is 0.354 e. The number of aromatic nitrogens is 4. The first-order chi connectivity index (χ1) is 16.2. The quantitative estimate of drug-likeness (QED) is 0.436. The van der Waals surface area contributed by atoms with Crippen molar-refractivity contribution in [2.45, 2.75) is 45.4 Å². The fraction of sp³-hybridized carbons (Fsp3) is 0.440. The average molecular weight is 481 g/mol. The van der Waals surface area contributed by atoms with E-state index in [0.29, 0.717) is 18.4 Å². The van der Waals surface area contributed by atoms with Crippen molar-refractivity contribution in [3.05, 3.63) is 53.5 Å². The number of hydrogen-bond acceptors (Lipinski definition) is 5. The summed E-state index contributed by atoms with van der Waals surface area (Å²) in [5.74, 6) is 0.847. The Hall–Kier alpha value is -2.75. The van der Waals surface area contributed by atoms with E-state index >= 15 is 0 Å². The van der Waals surface area contributed by atoms with Crippen LogP contribution < -0.4 is 5.14 Å². The van der Waals surface area contributed by atoms with Crippen molar-refractivity contribution in [2.75, 3.05) is 25.4 Å². The molecule has 0 spiro atoms. The Bertz CT molecular complexity index is 1450. The molecule has 180 valence electrons. The second kappa shape index (κ2) is 8.79. The minimum atomic E-state index is -3.41. The number of aromatic amines is 1. The van der Waals surface area contributed by atoms with Gasteiger partial charge in [0.05, 0.1) is 11.4 Å². The lowest BCUT2D eigenvalue weighted by atomic mass is 9.87. The molecule has 1 saturated heterocycles. The Balaban J connectivity index is 1.46. The number of nitrogens with zero attached hydrogens (tertiary/aromatic N) is 4. The summed E-state index contributed by atoms with van der Waals surface area (Å²) in [6.45, 7) is 8.90. The van der Waals surface area contributed by atoms with Gasteiger partial charge in [0.1, 0.15) is 6.33 Å². The number of likely N-dealkylation sites (tertiary alicyclic amines) is 1. The molecular weight excluding hydrogens is 448 g/mol. The maximum atomic E-state index is 11.3. The summed E-state index contributed by atoms with van der Waals surface area (Å²) in [4.78, 5) is 10.2. The van der Waals surface area contributed by atoms with Crippen molar-refractivity contribution in [3.63, 3.8) is 0 Å². The minimum absolute atomic E-state index is 0.0211. The topological polar surface area (TPSA) is 109 Å². The van der Waals surface area contributed by atoms with E-state index in [0.717, 1.165) is 48.4 Å². The molecule has 3 N–H and O–H groups in total. The van der Waals surface area contributed by atoms with Crippen molar-refractivity contribution < 1.29 is 8.42 Å². The molecule has 8 nitrogen and oxygen atoms in total. The number of H-pyrrole nitrogens is 1. The zero-order valence-corrected chi connectivity index (χ0v) is 20.8. The van der Waals surface area contributed by atoms with Crippen LogP contribution in [0.2, 0.25) is 0 Å². The minimum Gasteiger partial charge on any atom is -0.354 e. The van der Waals surface area contributed by atoms with Crippen LogP contribution >= 0.6 is 0 Å². The lowest BCUT2D eigenvalue weighted by Crippen LogP contribution is -2.37. The highest BCUT2D eigenvalue weighted by Crippen LogP contribution is 2.39. The van der Waals surface area contributed by atoms with E-state index in [-0.39, 0.29) is 5.75 Å². The smallest absolute Gasteiger partial charge is 0.210 e. The number of sulfonamides is 1. The standard InChI is InChI=1S/C25H32N6O2S/c1-16(2)24-20-13-19(18-6-8-30(9-7-18)10-11-34(26,32)33)4-5-22(20)29-25(24)21-14-31-23(12-17(21)3)27-15-28-31/h4-5,12-16,18,29H,6-11H2,1-3H3,(H2,26,32,33). The molecule has 1 aliphatic heterocycles. The van der Waals surface area contributed by atoms with Gasteiger partial charge in [-0.05, 0) is 79.6 Å². The van der Waals surface area contributed by atoms with Gasteiger partial charge in [-0.15, -0.1) is 0 Å². The third kappa shape index (κ3) is 4.47. The van der Waals surface area contributed by atoms with Gasteiger partial charge in [-0.2, -0.15) is 5.10 Å². The van der Waals surface area contributed by atoms with Gasteiger partial charge in [0.15, 0.2) is 5.65 Å². The maximum Gasteiger partial charge on any atom is 0.210 e. The number of nitrogens with two attached hydrogens (primary N) is 1. The number of fused-ring (bicyclic) bond motifs is 2. The summed E-state index contributed by atoms with van der Waals surface area (Å²) in [6.07, 6.45) is 5.69. The van der Waals surface area contributed by atoms with Crippen molar-refractivity contribution in [2.24, 2.45) is 5.14 Å². The third-order valence-electron chi connectivity index (χ3n) is 7.08. The average Bonchev–Trinajstić information content (AvgIpc) is 3.40. The van der Waals surface area contributed by atoms with E-state index in [1.807, 2.05) is 4.52 Å². The SMILES string of the molecule is Cc1cc2ncnn2cc1-c1[nH]c2ccc(C3CCN(CCS(N)(=O)=O)CC3)cc2c1C(C)C. The van der Waals surface area contributed by atoms with Crippen LogP contribution in [0.3, 0.4) is 0 Å². The molecule has 1 aliphatic rings. The van der Waals surface area contributed by atoms with E-state index in [1.54, 1.807) is 6.33 Å². The van der Waals surface area contributed by atoms with Crippen LogP contribution in [-0.2, 0) is 10.0 Å². The van der Waals surface area contributed by atoms with Crippen molar-refractivity contribution in [3.8, 4) is 11.3 Å². The summed E-state index contributed by atoms with van der Waals surface area (Å²) in [7, 11) is -3.41. The highest BCUT2D eigenvalue weighted by Gasteiger charge is 2.24. The number of hydrogen-bond donors (Lipinski definition) is 2. The Morgan fingerprint density at radius 3 is 2.68 bits per heavy atom. The molecule has 0 bridgehead atoms. The lowest BCUT2D eigenvalue weighted by Gasteiger charge is -2.32. The molecule has 0 amide bonds. The Morgan fingerprint density at radius 2 is 1.97 bits per heavy atom. The van der Waals surface area contributed by atoms with E-state index in [9.17, 15) is 8.42 Å². The van der Waals surface area contributed by atoms with Gasteiger partial charge < -0.3 is 9.88 Å². The zero-order chi connectivity index (χ0) is 24.0. The van der Waals surface area contributed by atoms with Gasteiger partial charge in [0.2, 0.25) is 10.0 Å². The summed E-state index contributed by atoms with van der Waals surface area (Å²) < 4.78 is 24.4. The van der Waals surface area contributed by atoms with Gasteiger partial charge in [0, 0.05) is 29.2 Å². The van der Waals surface area contributed by atoms with Crippen molar-refractivity contribution in [1.82, 2.24) is 24.5 Å². The van der Waals surface area contributed by atoms with Gasteiger partial charge in [-0.25, -0.2) is 23.1 Å². The van der Waals surface area contributed by atoms with Crippen LogP contribution in [0, 0.1) is 6.92 Å². The van der Waals surface area contributed by atoms with Crippen LogP contribution in [0.1, 0.15) is 55.2 Å². The number of aryl methyl sites for hydroxylation is 1. The van der Waals surface area contributed by atoms with Crippen LogP contribution in [0.4, 0.5) is 0 Å². The molecule has 0 radical (unpaired) electrons. The fourth-order valence-corrected chi connectivity index (χ4v) is 5.77. The first kappa shape index (κ1) is 23.0. The first-order valence-electron chi connectivity index (χ1n) is 11.9. The molecule has 9 heteroatoms. The molecule has 0 saturated carbocycles. The van der Waals surface area contributed by atoms with Gasteiger partial charge in [0.25, 0.3) is 0 Å². The summed E-state index contributed by atoms with van der Waals surface area (Å²) in [5.41, 5.74) is 8.13. The van der Waals surface area contributed by atoms with E-state index in [4.69, 9.17) is 5.14 Å². The molecule has 4 aromatic rings. The predicted octanol–water partition coefficient (Wildman–Crippen LogP) is 3.78. The number of pyridine rings is 1. The molecule has 1 aromatic carbocycles. The zero-order valence-electron chi connectivity index (χ0n) is 20.0. The van der Waals surface area contributed by atoms with Crippen LogP contribution in [0.15, 0.2) is 36.8 Å².